The van der Waals surface area contributed by atoms with Crippen molar-refractivity contribution in [3.63, 3.8) is 0 Å². The molecule has 0 aromatic heterocycles. The Morgan fingerprint density at radius 2 is 1.62 bits per heavy atom. The number of hydrogen-bond donors (Lipinski definition) is 1. The molecule has 3 atom stereocenters. The smallest absolute Gasteiger partial charge is 0.0577 e. The minimum Gasteiger partial charge on any atom is -0.393 e. The molecule has 0 spiro atoms. The van der Waals surface area contributed by atoms with Crippen LogP contribution in [-0.4, -0.2) is 11.2 Å². The SMILES string of the molecule is O[C@@H]1C/C=C/C/C=C\CC2CC2C1. The van der Waals surface area contributed by atoms with E-state index in [-0.39, 0.29) is 6.10 Å². The summed E-state index contributed by atoms with van der Waals surface area (Å²) in [5, 5.41) is 9.65. The fourth-order valence-corrected chi connectivity index (χ4v) is 2.13. The van der Waals surface area contributed by atoms with Gasteiger partial charge in [-0.1, -0.05) is 24.3 Å². The van der Waals surface area contributed by atoms with E-state index < -0.39 is 0 Å². The van der Waals surface area contributed by atoms with Gasteiger partial charge in [0, 0.05) is 0 Å². The van der Waals surface area contributed by atoms with Crippen molar-refractivity contribution in [3.8, 4) is 0 Å². The van der Waals surface area contributed by atoms with E-state index in [1.54, 1.807) is 0 Å². The van der Waals surface area contributed by atoms with Crippen molar-refractivity contribution in [1.82, 2.24) is 0 Å². The summed E-state index contributed by atoms with van der Waals surface area (Å²) >= 11 is 0. The number of rotatable bonds is 0. The van der Waals surface area contributed by atoms with Gasteiger partial charge in [0.15, 0.2) is 0 Å². The fraction of sp³-hybridized carbons (Fsp3) is 0.667. The molecule has 1 saturated carbocycles. The lowest BCUT2D eigenvalue weighted by Crippen LogP contribution is -2.06. The Hall–Kier alpha value is -0.560. The average Bonchev–Trinajstić information content (AvgIpc) is 2.80. The van der Waals surface area contributed by atoms with Gasteiger partial charge in [-0.3, -0.25) is 0 Å². The van der Waals surface area contributed by atoms with Crippen molar-refractivity contribution in [2.24, 2.45) is 11.8 Å². The lowest BCUT2D eigenvalue weighted by molar-refractivity contribution is 0.158. The summed E-state index contributed by atoms with van der Waals surface area (Å²) in [4.78, 5) is 0. The van der Waals surface area contributed by atoms with Crippen LogP contribution in [-0.2, 0) is 0 Å². The predicted octanol–water partition coefficient (Wildman–Crippen LogP) is 2.67. The molecule has 2 rings (SSSR count). The fourth-order valence-electron chi connectivity index (χ4n) is 2.13. The van der Waals surface area contributed by atoms with Crippen molar-refractivity contribution in [3.05, 3.63) is 24.3 Å². The summed E-state index contributed by atoms with van der Waals surface area (Å²) in [6.07, 6.45) is 14.2. The van der Waals surface area contributed by atoms with Crippen LogP contribution < -0.4 is 0 Å². The van der Waals surface area contributed by atoms with Gasteiger partial charge in [-0.15, -0.1) is 0 Å². The van der Waals surface area contributed by atoms with Crippen LogP contribution in [0.5, 0.6) is 0 Å². The number of aliphatic hydroxyl groups excluding tert-OH is 1. The lowest BCUT2D eigenvalue weighted by Gasteiger charge is -2.06. The standard InChI is InChI=1S/C12H18O/c13-12-7-5-3-1-2-4-6-10-8-11(10)9-12/h2-5,10-13H,1,6-9H2/b4-2-,5-3+/t10?,11?,12-/m1/s1. The van der Waals surface area contributed by atoms with Gasteiger partial charge in [0.25, 0.3) is 0 Å². The largest absolute Gasteiger partial charge is 0.393 e. The molecular formula is C12H18O. The number of aliphatic hydroxyl groups is 1. The molecule has 0 aliphatic heterocycles. The zero-order valence-electron chi connectivity index (χ0n) is 8.02. The molecular weight excluding hydrogens is 160 g/mol. The first-order chi connectivity index (χ1) is 6.36. The summed E-state index contributed by atoms with van der Waals surface area (Å²) in [5.41, 5.74) is 0. The highest BCUT2D eigenvalue weighted by Gasteiger charge is 2.36. The Labute approximate surface area is 80.2 Å². The van der Waals surface area contributed by atoms with Gasteiger partial charge in [0.2, 0.25) is 0 Å². The molecule has 0 aromatic carbocycles. The molecule has 0 aromatic rings. The molecule has 2 unspecified atom stereocenters. The Morgan fingerprint density at radius 1 is 0.846 bits per heavy atom. The second kappa shape index (κ2) is 4.10. The molecule has 0 heterocycles. The molecule has 1 N–H and O–H groups in total. The normalized spacial score (nSPS) is 44.2. The first-order valence-electron chi connectivity index (χ1n) is 5.34. The van der Waals surface area contributed by atoms with Gasteiger partial charge in [-0.2, -0.15) is 0 Å². The van der Waals surface area contributed by atoms with Gasteiger partial charge in [0.1, 0.15) is 0 Å². The third-order valence-corrected chi connectivity index (χ3v) is 3.10. The summed E-state index contributed by atoms with van der Waals surface area (Å²) in [6.45, 7) is 0. The third-order valence-electron chi connectivity index (χ3n) is 3.10. The van der Waals surface area contributed by atoms with Gasteiger partial charge >= 0.3 is 0 Å². The molecule has 1 fully saturated rings. The lowest BCUT2D eigenvalue weighted by atomic mass is 10.1. The topological polar surface area (TPSA) is 20.2 Å². The molecule has 72 valence electrons. The van der Waals surface area contributed by atoms with Crippen LogP contribution in [0.4, 0.5) is 0 Å². The highest BCUT2D eigenvalue weighted by molar-refractivity contribution is 5.00. The minimum atomic E-state index is -0.0932. The van der Waals surface area contributed by atoms with E-state index in [2.05, 4.69) is 24.3 Å². The molecule has 2 aliphatic carbocycles. The van der Waals surface area contributed by atoms with E-state index in [1.165, 1.54) is 12.8 Å². The van der Waals surface area contributed by atoms with Crippen LogP contribution >= 0.6 is 0 Å². The number of fused-ring (bicyclic) bond motifs is 1. The first kappa shape index (κ1) is 9.01. The molecule has 1 nitrogen and oxygen atoms in total. The van der Waals surface area contributed by atoms with Crippen molar-refractivity contribution in [1.29, 1.82) is 0 Å². The average molecular weight is 178 g/mol. The van der Waals surface area contributed by atoms with Crippen molar-refractivity contribution < 1.29 is 5.11 Å². The Kier molecular flexibility index (Phi) is 2.84. The maximum Gasteiger partial charge on any atom is 0.0577 e. The molecule has 2 aliphatic rings. The van der Waals surface area contributed by atoms with E-state index in [1.807, 2.05) is 0 Å². The molecule has 0 bridgehead atoms. The van der Waals surface area contributed by atoms with E-state index in [9.17, 15) is 5.11 Å². The predicted molar refractivity (Wildman–Crippen MR) is 54.4 cm³/mol. The molecule has 0 radical (unpaired) electrons. The van der Waals surface area contributed by atoms with Crippen molar-refractivity contribution in [2.45, 2.75) is 38.2 Å². The van der Waals surface area contributed by atoms with Gasteiger partial charge < -0.3 is 5.11 Å². The quantitative estimate of drug-likeness (QED) is 0.565. The van der Waals surface area contributed by atoms with Gasteiger partial charge in [-0.25, -0.2) is 0 Å². The summed E-state index contributed by atoms with van der Waals surface area (Å²) in [7, 11) is 0. The summed E-state index contributed by atoms with van der Waals surface area (Å²) < 4.78 is 0. The maximum atomic E-state index is 9.65. The van der Waals surface area contributed by atoms with E-state index >= 15 is 0 Å². The van der Waals surface area contributed by atoms with Crippen LogP contribution in [0.3, 0.4) is 0 Å². The minimum absolute atomic E-state index is 0.0932. The zero-order valence-corrected chi connectivity index (χ0v) is 8.02. The second-order valence-electron chi connectivity index (χ2n) is 4.30. The van der Waals surface area contributed by atoms with Gasteiger partial charge in [0.05, 0.1) is 6.10 Å². The van der Waals surface area contributed by atoms with E-state index in [0.717, 1.165) is 31.1 Å². The van der Waals surface area contributed by atoms with Crippen LogP contribution in [0.1, 0.15) is 32.1 Å². The Bertz CT molecular complexity index is 217. The van der Waals surface area contributed by atoms with Gasteiger partial charge in [-0.05, 0) is 43.9 Å². The summed E-state index contributed by atoms with van der Waals surface area (Å²) in [6, 6.07) is 0. The monoisotopic (exact) mass is 178 g/mol. The highest BCUT2D eigenvalue weighted by atomic mass is 16.3. The summed E-state index contributed by atoms with van der Waals surface area (Å²) in [5.74, 6) is 1.69. The molecule has 13 heavy (non-hydrogen) atoms. The third kappa shape index (κ3) is 2.70. The highest BCUT2D eigenvalue weighted by Crippen LogP contribution is 2.45. The molecule has 1 heteroatoms. The molecule has 0 saturated heterocycles. The first-order valence-corrected chi connectivity index (χ1v) is 5.34. The van der Waals surface area contributed by atoms with Crippen LogP contribution in [0.2, 0.25) is 0 Å². The van der Waals surface area contributed by atoms with E-state index in [4.69, 9.17) is 0 Å². The van der Waals surface area contributed by atoms with Crippen LogP contribution in [0.15, 0.2) is 24.3 Å². The Morgan fingerprint density at radius 3 is 2.46 bits per heavy atom. The maximum absolute atomic E-state index is 9.65. The van der Waals surface area contributed by atoms with Crippen molar-refractivity contribution in [2.75, 3.05) is 0 Å². The zero-order chi connectivity index (χ0) is 9.10. The molecule has 0 amide bonds. The Balaban J connectivity index is 1.90. The van der Waals surface area contributed by atoms with E-state index in [0.29, 0.717) is 0 Å². The second-order valence-corrected chi connectivity index (χ2v) is 4.30. The van der Waals surface area contributed by atoms with Crippen LogP contribution in [0.25, 0.3) is 0 Å². The van der Waals surface area contributed by atoms with Crippen molar-refractivity contribution >= 4 is 0 Å². The van der Waals surface area contributed by atoms with Crippen LogP contribution in [0, 0.1) is 11.8 Å². The number of allylic oxidation sites excluding steroid dienone is 3. The number of hydrogen-bond acceptors (Lipinski definition) is 1.